The Morgan fingerprint density at radius 1 is 1.53 bits per heavy atom. The van der Waals surface area contributed by atoms with Crippen LogP contribution in [0.5, 0.6) is 5.75 Å². The molecule has 0 aliphatic heterocycles. The van der Waals surface area contributed by atoms with Gasteiger partial charge >= 0.3 is 5.97 Å². The molecule has 1 amide bonds. The number of carbonyl (C=O) groups excluding carboxylic acids is 1. The van der Waals surface area contributed by atoms with Gasteiger partial charge < -0.3 is 15.2 Å². The molecule has 0 saturated heterocycles. The van der Waals surface area contributed by atoms with Gasteiger partial charge in [0.1, 0.15) is 10.6 Å². The summed E-state index contributed by atoms with van der Waals surface area (Å²) in [7, 11) is 0. The van der Waals surface area contributed by atoms with Gasteiger partial charge in [-0.05, 0) is 13.8 Å². The van der Waals surface area contributed by atoms with Gasteiger partial charge in [-0.15, -0.1) is 11.3 Å². The van der Waals surface area contributed by atoms with E-state index in [4.69, 9.17) is 9.84 Å². The number of hydrogen-bond acceptors (Lipinski definition) is 4. The standard InChI is InChI=1S/C11H15NO4S/c1-7(2)12-10(13)3-4-16-8-5-9(11(14)15)17-6-8/h5-7H,3-4H2,1-2H3,(H,12,13)(H,14,15). The molecule has 6 heteroatoms. The van der Waals surface area contributed by atoms with Crippen LogP contribution in [0.25, 0.3) is 0 Å². The van der Waals surface area contributed by atoms with E-state index >= 15 is 0 Å². The predicted molar refractivity (Wildman–Crippen MR) is 64.7 cm³/mol. The molecule has 0 saturated carbocycles. The molecule has 0 aliphatic rings. The molecule has 2 N–H and O–H groups in total. The molecular weight excluding hydrogens is 242 g/mol. The number of hydrogen-bond donors (Lipinski definition) is 2. The van der Waals surface area contributed by atoms with Crippen molar-refractivity contribution >= 4 is 23.2 Å². The Morgan fingerprint density at radius 2 is 2.24 bits per heavy atom. The smallest absolute Gasteiger partial charge is 0.346 e. The normalized spacial score (nSPS) is 10.3. The molecule has 94 valence electrons. The maximum absolute atomic E-state index is 11.3. The molecule has 5 nitrogen and oxygen atoms in total. The molecule has 1 rings (SSSR count). The summed E-state index contributed by atoms with van der Waals surface area (Å²) in [5, 5.41) is 13.1. The van der Waals surface area contributed by atoms with E-state index in [1.807, 2.05) is 13.8 Å². The zero-order valence-corrected chi connectivity index (χ0v) is 10.5. The fraction of sp³-hybridized carbons (Fsp3) is 0.455. The van der Waals surface area contributed by atoms with Gasteiger partial charge in [-0.2, -0.15) is 0 Å². The Labute approximate surface area is 103 Å². The third-order valence-corrected chi connectivity index (χ3v) is 2.73. The van der Waals surface area contributed by atoms with Crippen LogP contribution in [0.3, 0.4) is 0 Å². The van der Waals surface area contributed by atoms with E-state index in [9.17, 15) is 9.59 Å². The lowest BCUT2D eigenvalue weighted by Gasteiger charge is -2.08. The fourth-order valence-electron chi connectivity index (χ4n) is 1.16. The lowest BCUT2D eigenvalue weighted by atomic mass is 10.3. The topological polar surface area (TPSA) is 75.6 Å². The van der Waals surface area contributed by atoms with Gasteiger partial charge in [-0.25, -0.2) is 4.79 Å². The molecule has 1 heterocycles. The first-order valence-electron chi connectivity index (χ1n) is 5.23. The number of thiophene rings is 1. The Bertz CT molecular complexity index is 400. The monoisotopic (exact) mass is 257 g/mol. The van der Waals surface area contributed by atoms with Crippen LogP contribution in [0.4, 0.5) is 0 Å². The molecule has 0 radical (unpaired) electrons. The van der Waals surface area contributed by atoms with Crippen LogP contribution in [0, 0.1) is 0 Å². The molecule has 1 aromatic rings. The van der Waals surface area contributed by atoms with Crippen LogP contribution < -0.4 is 10.1 Å². The Balaban J connectivity index is 2.31. The number of ether oxygens (including phenoxy) is 1. The first kappa shape index (κ1) is 13.5. The number of amides is 1. The number of rotatable bonds is 6. The first-order valence-corrected chi connectivity index (χ1v) is 6.11. The van der Waals surface area contributed by atoms with Crippen LogP contribution in [0.1, 0.15) is 29.9 Å². The summed E-state index contributed by atoms with van der Waals surface area (Å²) < 4.78 is 5.28. The number of nitrogens with one attached hydrogen (secondary N) is 1. The Morgan fingerprint density at radius 3 is 2.76 bits per heavy atom. The summed E-state index contributed by atoms with van der Waals surface area (Å²) in [6, 6.07) is 1.56. The third kappa shape index (κ3) is 4.86. The zero-order chi connectivity index (χ0) is 12.8. The second-order valence-corrected chi connectivity index (χ2v) is 4.68. The quantitative estimate of drug-likeness (QED) is 0.814. The largest absolute Gasteiger partial charge is 0.492 e. The van der Waals surface area contributed by atoms with Gasteiger partial charge in [-0.1, -0.05) is 0 Å². The molecule has 1 aromatic heterocycles. The number of carboxylic acid groups (broad SMARTS) is 1. The molecule has 0 spiro atoms. The van der Waals surface area contributed by atoms with Crippen molar-refractivity contribution in [3.63, 3.8) is 0 Å². The Hall–Kier alpha value is -1.56. The highest BCUT2D eigenvalue weighted by molar-refractivity contribution is 7.12. The van der Waals surface area contributed by atoms with Crippen molar-refractivity contribution in [3.05, 3.63) is 16.3 Å². The Kier molecular flexibility index (Phi) is 4.96. The van der Waals surface area contributed by atoms with E-state index in [0.29, 0.717) is 5.75 Å². The molecule has 0 unspecified atom stereocenters. The maximum atomic E-state index is 11.3. The maximum Gasteiger partial charge on any atom is 0.346 e. The van der Waals surface area contributed by atoms with Crippen molar-refractivity contribution in [2.75, 3.05) is 6.61 Å². The molecule has 0 aromatic carbocycles. The van der Waals surface area contributed by atoms with Gasteiger partial charge in [0.2, 0.25) is 5.91 Å². The average Bonchev–Trinajstić information content (AvgIpc) is 2.65. The van der Waals surface area contributed by atoms with Crippen molar-refractivity contribution < 1.29 is 19.4 Å². The minimum atomic E-state index is -0.970. The number of carbonyl (C=O) groups is 2. The van der Waals surface area contributed by atoms with Crippen molar-refractivity contribution in [1.29, 1.82) is 0 Å². The van der Waals surface area contributed by atoms with E-state index in [1.54, 1.807) is 5.38 Å². The molecule has 0 fully saturated rings. The van der Waals surface area contributed by atoms with Gasteiger partial charge in [0.05, 0.1) is 13.0 Å². The summed E-state index contributed by atoms with van der Waals surface area (Å²) in [5.74, 6) is -0.555. The average molecular weight is 257 g/mol. The van der Waals surface area contributed by atoms with Gasteiger partial charge in [-0.3, -0.25) is 4.79 Å². The molecule has 17 heavy (non-hydrogen) atoms. The van der Waals surface area contributed by atoms with Crippen LogP contribution in [0.2, 0.25) is 0 Å². The van der Waals surface area contributed by atoms with Crippen LogP contribution >= 0.6 is 11.3 Å². The van der Waals surface area contributed by atoms with E-state index in [1.165, 1.54) is 6.07 Å². The van der Waals surface area contributed by atoms with Gasteiger partial charge in [0, 0.05) is 17.5 Å². The molecule has 0 bridgehead atoms. The van der Waals surface area contributed by atoms with Gasteiger partial charge in [0.25, 0.3) is 0 Å². The first-order chi connectivity index (χ1) is 7.99. The van der Waals surface area contributed by atoms with E-state index in [-0.39, 0.29) is 29.9 Å². The van der Waals surface area contributed by atoms with Gasteiger partial charge in [0.15, 0.2) is 0 Å². The summed E-state index contributed by atoms with van der Waals surface area (Å²) in [5.41, 5.74) is 0. The minimum absolute atomic E-state index is 0.0753. The van der Waals surface area contributed by atoms with E-state index in [0.717, 1.165) is 11.3 Å². The van der Waals surface area contributed by atoms with Crippen LogP contribution in [-0.2, 0) is 4.79 Å². The highest BCUT2D eigenvalue weighted by Gasteiger charge is 2.08. The van der Waals surface area contributed by atoms with Crippen molar-refractivity contribution in [1.82, 2.24) is 5.32 Å². The zero-order valence-electron chi connectivity index (χ0n) is 9.73. The van der Waals surface area contributed by atoms with Crippen molar-refractivity contribution in [2.24, 2.45) is 0 Å². The van der Waals surface area contributed by atoms with Crippen LogP contribution in [0.15, 0.2) is 11.4 Å². The SMILES string of the molecule is CC(C)NC(=O)CCOc1csc(C(=O)O)c1. The molecule has 0 aliphatic carbocycles. The second-order valence-electron chi connectivity index (χ2n) is 3.77. The predicted octanol–water partition coefficient (Wildman–Crippen LogP) is 1.74. The number of carboxylic acids is 1. The fourth-order valence-corrected chi connectivity index (χ4v) is 1.83. The highest BCUT2D eigenvalue weighted by Crippen LogP contribution is 2.21. The lowest BCUT2D eigenvalue weighted by Crippen LogP contribution is -2.31. The summed E-state index contributed by atoms with van der Waals surface area (Å²) in [4.78, 5) is 22.1. The van der Waals surface area contributed by atoms with Crippen molar-refractivity contribution in [3.8, 4) is 5.75 Å². The van der Waals surface area contributed by atoms with Crippen LogP contribution in [-0.4, -0.2) is 29.6 Å². The minimum Gasteiger partial charge on any atom is -0.492 e. The lowest BCUT2D eigenvalue weighted by molar-refractivity contribution is -0.122. The molecular formula is C11H15NO4S. The summed E-state index contributed by atoms with van der Waals surface area (Å²) in [6.07, 6.45) is 0.260. The highest BCUT2D eigenvalue weighted by atomic mass is 32.1. The van der Waals surface area contributed by atoms with E-state index in [2.05, 4.69) is 5.32 Å². The summed E-state index contributed by atoms with van der Waals surface area (Å²) in [6.45, 7) is 4.02. The second kappa shape index (κ2) is 6.24. The third-order valence-electron chi connectivity index (χ3n) is 1.83. The van der Waals surface area contributed by atoms with E-state index < -0.39 is 5.97 Å². The summed E-state index contributed by atoms with van der Waals surface area (Å²) >= 11 is 1.10. The molecule has 0 atom stereocenters. The number of aromatic carboxylic acids is 1. The van der Waals surface area contributed by atoms with Crippen molar-refractivity contribution in [2.45, 2.75) is 26.3 Å².